The second kappa shape index (κ2) is 6.81. The van der Waals surface area contributed by atoms with E-state index in [1.807, 2.05) is 43.3 Å². The Bertz CT molecular complexity index is 735. The van der Waals surface area contributed by atoms with Crippen molar-refractivity contribution in [2.75, 3.05) is 13.7 Å². The lowest BCUT2D eigenvalue weighted by Crippen LogP contribution is -2.47. The molecule has 0 spiro atoms. The summed E-state index contributed by atoms with van der Waals surface area (Å²) in [6.07, 6.45) is 0.403. The summed E-state index contributed by atoms with van der Waals surface area (Å²) < 4.78 is 10.4. The Morgan fingerprint density at radius 1 is 1.08 bits per heavy atom. The standard InChI is InChI=1S/C20H26O4/c1-6-20(22,19(3,4)18(21)24-7-2)16-10-8-15-13-17(23-5)11-9-14(15)12-16/h8-13,22H,6-7H2,1-5H3. The predicted octanol–water partition coefficient (Wildman–Crippen LogP) is 4.04. The van der Waals surface area contributed by atoms with Gasteiger partial charge in [-0.1, -0.05) is 25.1 Å². The lowest BCUT2D eigenvalue weighted by molar-refractivity contribution is -0.173. The number of ether oxygens (including phenoxy) is 2. The van der Waals surface area contributed by atoms with Gasteiger partial charge in [0.2, 0.25) is 0 Å². The maximum Gasteiger partial charge on any atom is 0.314 e. The van der Waals surface area contributed by atoms with Crippen molar-refractivity contribution < 1.29 is 19.4 Å². The minimum atomic E-state index is -1.31. The van der Waals surface area contributed by atoms with Crippen LogP contribution in [0.5, 0.6) is 5.75 Å². The normalized spacial score (nSPS) is 14.2. The zero-order valence-electron chi connectivity index (χ0n) is 15.1. The lowest BCUT2D eigenvalue weighted by atomic mass is 9.69. The molecule has 2 aromatic rings. The predicted molar refractivity (Wildman–Crippen MR) is 95.1 cm³/mol. The molecule has 1 unspecified atom stereocenters. The van der Waals surface area contributed by atoms with Gasteiger partial charge in [0.15, 0.2) is 0 Å². The highest BCUT2D eigenvalue weighted by molar-refractivity contribution is 5.85. The van der Waals surface area contributed by atoms with Crippen LogP contribution in [-0.2, 0) is 15.1 Å². The Labute approximate surface area is 143 Å². The Kier molecular flexibility index (Phi) is 5.19. The van der Waals surface area contributed by atoms with Gasteiger partial charge in [0.1, 0.15) is 11.4 Å². The summed E-state index contributed by atoms with van der Waals surface area (Å²) in [5, 5.41) is 13.4. The minimum absolute atomic E-state index is 0.291. The number of benzene rings is 2. The first-order chi connectivity index (χ1) is 11.3. The molecule has 0 aromatic heterocycles. The molecule has 0 fully saturated rings. The van der Waals surface area contributed by atoms with Gasteiger partial charge in [-0.25, -0.2) is 0 Å². The molecule has 0 aliphatic carbocycles. The van der Waals surface area contributed by atoms with E-state index >= 15 is 0 Å². The summed E-state index contributed by atoms with van der Waals surface area (Å²) >= 11 is 0. The number of esters is 1. The van der Waals surface area contributed by atoms with Gasteiger partial charge in [-0.15, -0.1) is 0 Å². The number of rotatable bonds is 6. The number of methoxy groups -OCH3 is 1. The van der Waals surface area contributed by atoms with Crippen LogP contribution in [-0.4, -0.2) is 24.8 Å². The van der Waals surface area contributed by atoms with Crippen molar-refractivity contribution in [3.63, 3.8) is 0 Å². The van der Waals surface area contributed by atoms with E-state index in [9.17, 15) is 9.90 Å². The third-order valence-electron chi connectivity index (χ3n) is 4.86. The van der Waals surface area contributed by atoms with Crippen LogP contribution in [0.15, 0.2) is 36.4 Å². The summed E-state index contributed by atoms with van der Waals surface area (Å²) in [7, 11) is 1.63. The van der Waals surface area contributed by atoms with Crippen LogP contribution in [0.1, 0.15) is 39.7 Å². The Hall–Kier alpha value is -2.07. The minimum Gasteiger partial charge on any atom is -0.497 e. The molecule has 2 aromatic carbocycles. The van der Waals surface area contributed by atoms with Crippen LogP contribution in [0.25, 0.3) is 10.8 Å². The zero-order valence-corrected chi connectivity index (χ0v) is 15.1. The number of carbonyl (C=O) groups is 1. The van der Waals surface area contributed by atoms with E-state index in [1.54, 1.807) is 27.9 Å². The summed E-state index contributed by atoms with van der Waals surface area (Å²) in [5.41, 5.74) is -1.66. The quantitative estimate of drug-likeness (QED) is 0.812. The van der Waals surface area contributed by atoms with E-state index in [0.717, 1.165) is 16.5 Å². The molecule has 0 aliphatic heterocycles. The molecule has 0 heterocycles. The molecular weight excluding hydrogens is 304 g/mol. The molecule has 0 saturated heterocycles. The second-order valence-corrected chi connectivity index (χ2v) is 6.49. The molecule has 0 bridgehead atoms. The van der Waals surface area contributed by atoms with Crippen LogP contribution in [0.4, 0.5) is 0 Å². The monoisotopic (exact) mass is 330 g/mol. The molecule has 4 heteroatoms. The summed E-state index contributed by atoms with van der Waals surface area (Å²) in [5.74, 6) is 0.386. The third kappa shape index (κ3) is 2.98. The summed E-state index contributed by atoms with van der Waals surface area (Å²) in [6.45, 7) is 7.39. The average Bonchev–Trinajstić information content (AvgIpc) is 2.59. The number of hydrogen-bond donors (Lipinski definition) is 1. The fourth-order valence-electron chi connectivity index (χ4n) is 3.10. The van der Waals surface area contributed by atoms with Crippen molar-refractivity contribution in [1.82, 2.24) is 0 Å². The van der Waals surface area contributed by atoms with E-state index in [-0.39, 0.29) is 0 Å². The van der Waals surface area contributed by atoms with Crippen molar-refractivity contribution in [1.29, 1.82) is 0 Å². The zero-order chi connectivity index (χ0) is 18.0. The lowest BCUT2D eigenvalue weighted by Gasteiger charge is -2.40. The summed E-state index contributed by atoms with van der Waals surface area (Å²) in [4.78, 5) is 12.4. The molecule has 0 amide bonds. The van der Waals surface area contributed by atoms with Crippen LogP contribution >= 0.6 is 0 Å². The highest BCUT2D eigenvalue weighted by atomic mass is 16.5. The number of hydrogen-bond acceptors (Lipinski definition) is 4. The molecule has 24 heavy (non-hydrogen) atoms. The van der Waals surface area contributed by atoms with Crippen molar-refractivity contribution in [2.45, 2.75) is 39.7 Å². The molecular formula is C20H26O4. The van der Waals surface area contributed by atoms with Crippen LogP contribution in [0.2, 0.25) is 0 Å². The van der Waals surface area contributed by atoms with Crippen molar-refractivity contribution in [3.05, 3.63) is 42.0 Å². The van der Waals surface area contributed by atoms with E-state index < -0.39 is 17.0 Å². The SMILES string of the molecule is CCOC(=O)C(C)(C)C(O)(CC)c1ccc2cc(OC)ccc2c1. The Morgan fingerprint density at radius 3 is 2.29 bits per heavy atom. The number of fused-ring (bicyclic) bond motifs is 1. The van der Waals surface area contributed by atoms with E-state index in [0.29, 0.717) is 18.6 Å². The molecule has 0 saturated carbocycles. The van der Waals surface area contributed by atoms with Crippen LogP contribution < -0.4 is 4.74 Å². The first-order valence-electron chi connectivity index (χ1n) is 8.28. The van der Waals surface area contributed by atoms with Gasteiger partial charge in [0.05, 0.1) is 19.1 Å². The van der Waals surface area contributed by atoms with Gasteiger partial charge < -0.3 is 14.6 Å². The molecule has 1 atom stereocenters. The number of aliphatic hydroxyl groups is 1. The van der Waals surface area contributed by atoms with Gasteiger partial charge in [0.25, 0.3) is 0 Å². The Morgan fingerprint density at radius 2 is 1.71 bits per heavy atom. The molecule has 1 N–H and O–H groups in total. The van der Waals surface area contributed by atoms with E-state index in [1.165, 1.54) is 0 Å². The first-order valence-corrected chi connectivity index (χ1v) is 8.28. The van der Waals surface area contributed by atoms with Gasteiger partial charge in [-0.05, 0) is 61.7 Å². The fraction of sp³-hybridized carbons (Fsp3) is 0.450. The molecule has 130 valence electrons. The molecule has 0 radical (unpaired) electrons. The maximum atomic E-state index is 12.4. The topological polar surface area (TPSA) is 55.8 Å². The molecule has 4 nitrogen and oxygen atoms in total. The van der Waals surface area contributed by atoms with Crippen molar-refractivity contribution in [2.24, 2.45) is 5.41 Å². The van der Waals surface area contributed by atoms with Gasteiger partial charge in [-0.2, -0.15) is 0 Å². The van der Waals surface area contributed by atoms with Gasteiger partial charge in [0, 0.05) is 0 Å². The maximum absolute atomic E-state index is 12.4. The van der Waals surface area contributed by atoms with Crippen LogP contribution in [0, 0.1) is 5.41 Å². The molecule has 0 aliphatic rings. The molecule has 2 rings (SSSR count). The highest BCUT2D eigenvalue weighted by Gasteiger charge is 2.49. The first kappa shape index (κ1) is 18.3. The largest absolute Gasteiger partial charge is 0.497 e. The van der Waals surface area contributed by atoms with E-state index in [4.69, 9.17) is 9.47 Å². The second-order valence-electron chi connectivity index (χ2n) is 6.49. The fourth-order valence-corrected chi connectivity index (χ4v) is 3.10. The van der Waals surface area contributed by atoms with Gasteiger partial charge in [-0.3, -0.25) is 4.79 Å². The highest BCUT2D eigenvalue weighted by Crippen LogP contribution is 2.44. The van der Waals surface area contributed by atoms with Crippen molar-refractivity contribution in [3.8, 4) is 5.75 Å². The third-order valence-corrected chi connectivity index (χ3v) is 4.86. The van der Waals surface area contributed by atoms with E-state index in [2.05, 4.69) is 0 Å². The van der Waals surface area contributed by atoms with Crippen molar-refractivity contribution >= 4 is 16.7 Å². The van der Waals surface area contributed by atoms with Gasteiger partial charge >= 0.3 is 5.97 Å². The summed E-state index contributed by atoms with van der Waals surface area (Å²) in [6, 6.07) is 11.5. The Balaban J connectivity index is 2.53. The number of carbonyl (C=O) groups excluding carboxylic acids is 1. The average molecular weight is 330 g/mol. The smallest absolute Gasteiger partial charge is 0.314 e. The van der Waals surface area contributed by atoms with Crippen LogP contribution in [0.3, 0.4) is 0 Å².